The molecule has 0 heterocycles. The fourth-order valence-corrected chi connectivity index (χ4v) is 1.70. The molecular formula is C10H10BrNO5. The molecule has 0 aliphatic rings. The molecule has 0 aliphatic carbocycles. The van der Waals surface area contributed by atoms with Crippen LogP contribution < -0.4 is 4.74 Å². The third-order valence-electron chi connectivity index (χ3n) is 2.06. The Hall–Kier alpha value is -1.63. The van der Waals surface area contributed by atoms with Crippen molar-refractivity contribution < 1.29 is 19.6 Å². The number of ether oxygens (including phenoxy) is 1. The minimum Gasteiger partial charge on any atom is -0.479 e. The fourth-order valence-electron chi connectivity index (χ4n) is 1.19. The van der Waals surface area contributed by atoms with Gasteiger partial charge in [0.2, 0.25) is 0 Å². The Morgan fingerprint density at radius 3 is 2.76 bits per heavy atom. The number of benzene rings is 1. The van der Waals surface area contributed by atoms with Crippen LogP contribution in [0.15, 0.2) is 22.7 Å². The average molecular weight is 304 g/mol. The number of aliphatic carboxylic acids is 1. The molecule has 1 rings (SSSR count). The van der Waals surface area contributed by atoms with E-state index in [0.717, 1.165) is 0 Å². The monoisotopic (exact) mass is 303 g/mol. The Bertz CT molecular complexity index is 448. The first-order valence-corrected chi connectivity index (χ1v) is 5.59. The normalized spacial score (nSPS) is 11.9. The molecular weight excluding hydrogens is 294 g/mol. The molecule has 1 unspecified atom stereocenters. The van der Waals surface area contributed by atoms with E-state index in [-0.39, 0.29) is 22.3 Å². The van der Waals surface area contributed by atoms with E-state index in [1.165, 1.54) is 18.2 Å². The van der Waals surface area contributed by atoms with E-state index in [4.69, 9.17) is 9.84 Å². The predicted octanol–water partition coefficient (Wildman–Crippen LogP) is 2.60. The van der Waals surface area contributed by atoms with Crippen LogP contribution in [-0.2, 0) is 4.79 Å². The minimum absolute atomic E-state index is 0.143. The molecule has 0 radical (unpaired) electrons. The van der Waals surface area contributed by atoms with E-state index in [1.807, 2.05) is 0 Å². The number of carboxylic acids is 1. The third kappa shape index (κ3) is 3.16. The molecule has 17 heavy (non-hydrogen) atoms. The molecule has 0 amide bonds. The van der Waals surface area contributed by atoms with Gasteiger partial charge in [-0.2, -0.15) is 0 Å². The fraction of sp³-hybridized carbons (Fsp3) is 0.300. The Labute approximate surface area is 105 Å². The summed E-state index contributed by atoms with van der Waals surface area (Å²) in [5.41, 5.74) is -0.164. The van der Waals surface area contributed by atoms with Crippen molar-refractivity contribution >= 4 is 27.6 Å². The SMILES string of the molecule is CCC(Oc1cccc([N+](=O)[O-])c1Br)C(=O)O. The van der Waals surface area contributed by atoms with Crippen molar-refractivity contribution in [3.05, 3.63) is 32.8 Å². The number of carboxylic acid groups (broad SMARTS) is 1. The van der Waals surface area contributed by atoms with Gasteiger partial charge in [-0.25, -0.2) is 4.79 Å². The quantitative estimate of drug-likeness (QED) is 0.667. The molecule has 0 fully saturated rings. The summed E-state index contributed by atoms with van der Waals surface area (Å²) in [6.07, 6.45) is -0.752. The molecule has 7 heteroatoms. The second kappa shape index (κ2) is 5.62. The highest BCUT2D eigenvalue weighted by molar-refractivity contribution is 9.10. The largest absolute Gasteiger partial charge is 0.479 e. The van der Waals surface area contributed by atoms with Crippen molar-refractivity contribution in [2.24, 2.45) is 0 Å². The zero-order chi connectivity index (χ0) is 13.0. The zero-order valence-electron chi connectivity index (χ0n) is 8.92. The Balaban J connectivity index is 3.03. The van der Waals surface area contributed by atoms with Crippen molar-refractivity contribution in [3.63, 3.8) is 0 Å². The smallest absolute Gasteiger partial charge is 0.344 e. The van der Waals surface area contributed by atoms with Gasteiger partial charge in [-0.15, -0.1) is 0 Å². The van der Waals surface area contributed by atoms with E-state index < -0.39 is 17.0 Å². The number of carbonyl (C=O) groups is 1. The Kier molecular flexibility index (Phi) is 4.45. The number of hydrogen-bond donors (Lipinski definition) is 1. The van der Waals surface area contributed by atoms with Gasteiger partial charge in [0.1, 0.15) is 10.2 Å². The van der Waals surface area contributed by atoms with E-state index in [1.54, 1.807) is 6.92 Å². The second-order valence-electron chi connectivity index (χ2n) is 3.20. The number of hydrogen-bond acceptors (Lipinski definition) is 4. The molecule has 6 nitrogen and oxygen atoms in total. The molecule has 92 valence electrons. The van der Waals surface area contributed by atoms with Gasteiger partial charge < -0.3 is 9.84 Å². The van der Waals surface area contributed by atoms with Crippen LogP contribution in [0, 0.1) is 10.1 Å². The first-order valence-electron chi connectivity index (χ1n) is 4.79. The molecule has 0 saturated heterocycles. The summed E-state index contributed by atoms with van der Waals surface area (Å²) in [7, 11) is 0. The lowest BCUT2D eigenvalue weighted by Crippen LogP contribution is -2.26. The van der Waals surface area contributed by atoms with Crippen LogP contribution in [0.25, 0.3) is 0 Å². The van der Waals surface area contributed by atoms with Gasteiger partial charge in [-0.3, -0.25) is 10.1 Å². The summed E-state index contributed by atoms with van der Waals surface area (Å²) >= 11 is 3.03. The third-order valence-corrected chi connectivity index (χ3v) is 2.85. The highest BCUT2D eigenvalue weighted by Crippen LogP contribution is 2.34. The highest BCUT2D eigenvalue weighted by Gasteiger charge is 2.21. The van der Waals surface area contributed by atoms with Crippen LogP contribution in [-0.4, -0.2) is 22.1 Å². The standard InChI is InChI=1S/C10H10BrNO5/c1-2-7(10(13)14)17-8-5-3-4-6(9(8)11)12(15)16/h3-5,7H,2H2,1H3,(H,13,14). The number of rotatable bonds is 5. The van der Waals surface area contributed by atoms with Gasteiger partial charge in [0.05, 0.1) is 4.92 Å². The van der Waals surface area contributed by atoms with E-state index >= 15 is 0 Å². The average Bonchev–Trinajstić information content (AvgIpc) is 2.26. The maximum atomic E-state index is 10.8. The summed E-state index contributed by atoms with van der Waals surface area (Å²) in [4.78, 5) is 20.9. The predicted molar refractivity (Wildman–Crippen MR) is 63.1 cm³/mol. The van der Waals surface area contributed by atoms with Gasteiger partial charge >= 0.3 is 5.97 Å². The van der Waals surface area contributed by atoms with E-state index in [9.17, 15) is 14.9 Å². The molecule has 0 aliphatic heterocycles. The molecule has 0 aromatic heterocycles. The first kappa shape index (κ1) is 13.4. The molecule has 0 spiro atoms. The lowest BCUT2D eigenvalue weighted by molar-refractivity contribution is -0.385. The molecule has 0 bridgehead atoms. The minimum atomic E-state index is -1.11. The Morgan fingerprint density at radius 2 is 2.29 bits per heavy atom. The maximum Gasteiger partial charge on any atom is 0.344 e. The summed E-state index contributed by atoms with van der Waals surface area (Å²) in [5, 5.41) is 19.5. The molecule has 1 aromatic rings. The van der Waals surface area contributed by atoms with Crippen LogP contribution in [0.5, 0.6) is 5.75 Å². The van der Waals surface area contributed by atoms with Gasteiger partial charge in [0.25, 0.3) is 5.69 Å². The summed E-state index contributed by atoms with van der Waals surface area (Å²) in [5.74, 6) is -0.959. The lowest BCUT2D eigenvalue weighted by Gasteiger charge is -2.14. The lowest BCUT2D eigenvalue weighted by atomic mass is 10.2. The number of nitro benzene ring substituents is 1. The molecule has 1 aromatic carbocycles. The summed E-state index contributed by atoms with van der Waals surface area (Å²) in [6.45, 7) is 1.66. The van der Waals surface area contributed by atoms with Gasteiger partial charge in [-0.1, -0.05) is 13.0 Å². The number of nitro groups is 1. The van der Waals surface area contributed by atoms with Crippen LogP contribution >= 0.6 is 15.9 Å². The molecule has 1 atom stereocenters. The zero-order valence-corrected chi connectivity index (χ0v) is 10.5. The molecule has 1 N–H and O–H groups in total. The van der Waals surface area contributed by atoms with Gasteiger partial charge in [0.15, 0.2) is 6.10 Å². The summed E-state index contributed by atoms with van der Waals surface area (Å²) in [6, 6.07) is 4.22. The van der Waals surface area contributed by atoms with Crippen molar-refractivity contribution in [1.82, 2.24) is 0 Å². The first-order chi connectivity index (χ1) is 7.97. The van der Waals surface area contributed by atoms with Crippen LogP contribution in [0.2, 0.25) is 0 Å². The Morgan fingerprint density at radius 1 is 1.65 bits per heavy atom. The van der Waals surface area contributed by atoms with Crippen LogP contribution in [0.4, 0.5) is 5.69 Å². The van der Waals surface area contributed by atoms with Crippen LogP contribution in [0.1, 0.15) is 13.3 Å². The topological polar surface area (TPSA) is 89.7 Å². The second-order valence-corrected chi connectivity index (χ2v) is 3.99. The highest BCUT2D eigenvalue weighted by atomic mass is 79.9. The van der Waals surface area contributed by atoms with Crippen molar-refractivity contribution in [1.29, 1.82) is 0 Å². The van der Waals surface area contributed by atoms with Crippen LogP contribution in [0.3, 0.4) is 0 Å². The maximum absolute atomic E-state index is 10.8. The van der Waals surface area contributed by atoms with Gasteiger partial charge in [0, 0.05) is 6.07 Å². The van der Waals surface area contributed by atoms with Crippen molar-refractivity contribution in [2.45, 2.75) is 19.4 Å². The number of nitrogens with zero attached hydrogens (tertiary/aromatic N) is 1. The van der Waals surface area contributed by atoms with Gasteiger partial charge in [-0.05, 0) is 28.4 Å². The van der Waals surface area contributed by atoms with Crippen molar-refractivity contribution in [3.8, 4) is 5.75 Å². The molecule has 0 saturated carbocycles. The van der Waals surface area contributed by atoms with E-state index in [2.05, 4.69) is 15.9 Å². The van der Waals surface area contributed by atoms with E-state index in [0.29, 0.717) is 0 Å². The van der Waals surface area contributed by atoms with Crippen molar-refractivity contribution in [2.75, 3.05) is 0 Å². The summed E-state index contributed by atoms with van der Waals surface area (Å²) < 4.78 is 5.34. The number of halogens is 1.